The van der Waals surface area contributed by atoms with Crippen molar-refractivity contribution in [2.24, 2.45) is 28.5 Å². The average molecular weight is 1070 g/mol. The number of aromatic hydroxyl groups is 6. The van der Waals surface area contributed by atoms with E-state index >= 15 is 0 Å². The number of Topliss-reactive ketones (excluding diaryl/α,β-unsaturated/α-hetero) is 2. The monoisotopic (exact) mass is 1070 g/mol. The lowest BCUT2D eigenvalue weighted by Gasteiger charge is -2.52. The van der Waals surface area contributed by atoms with Crippen LogP contribution in [0.2, 0.25) is 0 Å². The van der Waals surface area contributed by atoms with E-state index in [0.717, 1.165) is 12.2 Å². The summed E-state index contributed by atoms with van der Waals surface area (Å²) in [6, 6.07) is 2.32. The van der Waals surface area contributed by atoms with Gasteiger partial charge in [0.1, 0.15) is 35.3 Å². The lowest BCUT2D eigenvalue weighted by atomic mass is 9.70. The first-order chi connectivity index (χ1) is 33.8. The van der Waals surface area contributed by atoms with Crippen LogP contribution >= 0.6 is 0 Å². The number of hydrogen-bond donors (Lipinski definition) is 27. The second-order valence-electron chi connectivity index (χ2n) is 19.3. The highest BCUT2D eigenvalue weighted by Gasteiger charge is 3.09. The van der Waals surface area contributed by atoms with Crippen molar-refractivity contribution >= 4 is 34.7 Å². The number of urea groups is 1. The second kappa shape index (κ2) is 17.3. The van der Waals surface area contributed by atoms with Crippen LogP contribution in [0, 0.1) is 32.1 Å². The van der Waals surface area contributed by atoms with E-state index in [1.807, 2.05) is 0 Å². The molecule has 0 bridgehead atoms. The maximum Gasteiger partial charge on any atom is 0.326 e. The zero-order chi connectivity index (χ0) is 57.6. The van der Waals surface area contributed by atoms with E-state index in [-0.39, 0.29) is 5.75 Å². The lowest BCUT2D eigenvalue weighted by Crippen LogP contribution is -2.86. The summed E-state index contributed by atoms with van der Waals surface area (Å²) in [6.07, 6.45) is -13.1. The number of phenols is 6. The van der Waals surface area contributed by atoms with E-state index < -0.39 is 192 Å². The van der Waals surface area contributed by atoms with Crippen molar-refractivity contribution in [1.82, 2.24) is 10.2 Å². The summed E-state index contributed by atoms with van der Waals surface area (Å²) in [5.74, 6) is -46.5. The van der Waals surface area contributed by atoms with E-state index in [0.29, 0.717) is 18.1 Å². The first-order valence-corrected chi connectivity index (χ1v) is 21.6. The predicted octanol–water partition coefficient (Wildman–Crippen LogP) is -9.01. The number of nitrogens with two attached hydrogens (primary N) is 6. The van der Waals surface area contributed by atoms with Crippen LogP contribution in [0.4, 0.5) is 21.9 Å². The molecule has 33 nitrogen and oxygen atoms in total. The smallest absolute Gasteiger partial charge is 0.326 e. The van der Waals surface area contributed by atoms with Crippen molar-refractivity contribution < 1.29 is 126 Å². The quantitative estimate of drug-likeness (QED) is 0.0243. The Kier molecular flexibility index (Phi) is 13.3. The van der Waals surface area contributed by atoms with E-state index in [1.165, 1.54) is 0 Å². The predicted molar refractivity (Wildman–Crippen MR) is 242 cm³/mol. The number of hydrogen-bond acceptors (Lipinski definition) is 31. The number of benzene rings is 3. The van der Waals surface area contributed by atoms with Crippen molar-refractivity contribution in [1.29, 1.82) is 0 Å². The van der Waals surface area contributed by atoms with Crippen molar-refractivity contribution in [3.63, 3.8) is 0 Å². The molecule has 1 saturated heterocycles. The molecule has 33 heteroatoms. The third-order valence-electron chi connectivity index (χ3n) is 14.2. The summed E-state index contributed by atoms with van der Waals surface area (Å²) in [7, 11) is 0. The number of carbonyl (C=O) groups excluding carboxylic acids is 3. The summed E-state index contributed by atoms with van der Waals surface area (Å²) in [6.45, 7) is 3.26. The molecule has 3 aromatic carbocycles. The Labute approximate surface area is 419 Å². The van der Waals surface area contributed by atoms with Gasteiger partial charge in [0, 0.05) is 12.3 Å². The Balaban J connectivity index is 1.69. The van der Waals surface area contributed by atoms with Crippen molar-refractivity contribution in [2.75, 3.05) is 23.8 Å². The Bertz CT molecular complexity index is 2790. The fourth-order valence-electron chi connectivity index (χ4n) is 10.2. The van der Waals surface area contributed by atoms with Crippen LogP contribution in [-0.4, -0.2) is 190 Å². The van der Waals surface area contributed by atoms with Crippen molar-refractivity contribution in [3.05, 3.63) is 46.0 Å². The minimum Gasteiger partial charge on any atom is -0.505 e. The van der Waals surface area contributed by atoms with E-state index in [1.54, 1.807) is 32.0 Å². The summed E-state index contributed by atoms with van der Waals surface area (Å²) in [5.41, 5.74) is 16.6. The van der Waals surface area contributed by atoms with Crippen LogP contribution in [0.25, 0.3) is 0 Å². The SMILES string of the molecule is Cc1cccc(C)c1OCC(=O)CC(O)(C(O)CC(C(O)(O)c1c(N)c(O)c(O)c(O)c1O)C12C(=O)C1(N1C(=O)NC(O)(O)C(O)(O)C1(O)O)C2OC(C(N)(N)N)C(C)(O)O)C(O)(O)c1c(C)c(N)c(O)c(N)c1O. The van der Waals surface area contributed by atoms with E-state index in [2.05, 4.69) is 0 Å². The molecule has 2 saturated carbocycles. The summed E-state index contributed by atoms with van der Waals surface area (Å²) in [5, 5.41) is 227. The number of ketones is 2. The zero-order valence-electron chi connectivity index (χ0n) is 39.6. The minimum absolute atomic E-state index is 0.0593. The van der Waals surface area contributed by atoms with Gasteiger partial charge in [-0.25, -0.2) is 4.79 Å². The van der Waals surface area contributed by atoms with Crippen LogP contribution in [-0.2, 0) is 25.9 Å². The fraction of sp³-hybridized carbons (Fsp3) is 0.500. The number of nitrogen functional groups attached to an aromatic ring is 3. The number of amides is 2. The summed E-state index contributed by atoms with van der Waals surface area (Å²) in [4.78, 5) is 42.0. The molecule has 2 amide bonds. The van der Waals surface area contributed by atoms with E-state index in [9.17, 15) is 117 Å². The fourth-order valence-corrected chi connectivity index (χ4v) is 10.2. The number of nitrogens with one attached hydrogen (secondary N) is 1. The highest BCUT2D eigenvalue weighted by molar-refractivity contribution is 6.25. The molecule has 7 unspecified atom stereocenters. The number of aliphatic hydroxyl groups is 14. The molecule has 3 fully saturated rings. The van der Waals surface area contributed by atoms with Gasteiger partial charge in [0.05, 0.1) is 28.6 Å². The maximum atomic E-state index is 14.9. The first-order valence-electron chi connectivity index (χ1n) is 21.6. The normalized spacial score (nSPS) is 24.1. The van der Waals surface area contributed by atoms with Crippen LogP contribution < -0.4 is 44.5 Å². The highest BCUT2D eigenvalue weighted by atomic mass is 16.7. The van der Waals surface area contributed by atoms with Crippen LogP contribution in [0.1, 0.15) is 47.6 Å². The summed E-state index contributed by atoms with van der Waals surface area (Å²) >= 11 is 0. The molecule has 33 N–H and O–H groups in total. The first kappa shape index (κ1) is 57.8. The van der Waals surface area contributed by atoms with Gasteiger partial charge in [0.2, 0.25) is 17.3 Å². The Morgan fingerprint density at radius 2 is 1.28 bits per heavy atom. The molecule has 1 heterocycles. The van der Waals surface area contributed by atoms with Gasteiger partial charge in [-0.05, 0) is 50.8 Å². The number of ether oxygens (including phenoxy) is 2. The molecule has 416 valence electrons. The number of aryl methyl sites for hydroxylation is 2. The Hall–Kier alpha value is -6.45. The molecular weight excluding hydrogens is 1020 g/mol. The van der Waals surface area contributed by atoms with Gasteiger partial charge in [-0.2, -0.15) is 0 Å². The number of para-hydroxylation sites is 1. The number of rotatable bonds is 18. The van der Waals surface area contributed by atoms with E-state index in [4.69, 9.17) is 43.9 Å². The maximum absolute atomic E-state index is 14.9. The Morgan fingerprint density at radius 1 is 0.760 bits per heavy atom. The second-order valence-corrected chi connectivity index (χ2v) is 19.3. The van der Waals surface area contributed by atoms with Crippen LogP contribution in [0.3, 0.4) is 0 Å². The molecule has 3 aromatic rings. The highest BCUT2D eigenvalue weighted by Crippen LogP contribution is 2.85. The molecule has 0 radical (unpaired) electrons. The molecule has 1 aliphatic heterocycles. The van der Waals surface area contributed by atoms with Crippen LogP contribution in [0.15, 0.2) is 18.2 Å². The number of fused-ring (bicyclic) bond motifs is 1. The standard InChI is InChI=1S/C42H58N8O25/c1-11-6-5-7-12(2)28(11)74-10-14(51)9-34(63,38(66,67)17-13(3)19(43)24(55)21(45)22(17)53)16(52)8-15(37(64,65)18-20(44)25(56)27(58)26(57)23(18)54)35-29(59)36(35,31(35)75-30(33(4,61)62)39(46,47)48)50-32(60)49-41(70,71)40(68,69)42(50,72)73/h5-7,15-16,30-31,52-58,61-73H,8-10,43-48H2,1-4H3,(H,49,60). The number of aliphatic hydroxyl groups excluding tert-OH is 1. The zero-order valence-corrected chi connectivity index (χ0v) is 39.6. The van der Waals surface area contributed by atoms with Crippen molar-refractivity contribution in [3.8, 4) is 40.2 Å². The molecule has 6 rings (SSSR count). The van der Waals surface area contributed by atoms with Gasteiger partial charge >= 0.3 is 23.6 Å². The lowest BCUT2D eigenvalue weighted by molar-refractivity contribution is -0.496. The number of phenolic OH excluding ortho intramolecular Hbond substituents is 6. The van der Waals surface area contributed by atoms with Gasteiger partial charge in [0.25, 0.3) is 0 Å². The summed E-state index contributed by atoms with van der Waals surface area (Å²) < 4.78 is 11.3. The molecule has 2 aliphatic carbocycles. The molecule has 0 aromatic heterocycles. The molecular formula is C42H58N8O25. The average Bonchev–Trinajstić information content (AvgIpc) is 4.06. The van der Waals surface area contributed by atoms with Crippen molar-refractivity contribution in [2.45, 2.75) is 111 Å². The number of carbonyl (C=O) groups is 3. The minimum atomic E-state index is -4.99. The van der Waals surface area contributed by atoms with Gasteiger partial charge in [-0.1, -0.05) is 18.2 Å². The van der Waals surface area contributed by atoms with Gasteiger partial charge in [-0.15, -0.1) is 0 Å². The molecule has 7 atom stereocenters. The molecule has 0 spiro atoms. The number of nitrogens with zero attached hydrogens (tertiary/aromatic N) is 1. The van der Waals surface area contributed by atoms with Gasteiger partial charge in [0.15, 0.2) is 63.4 Å². The van der Waals surface area contributed by atoms with Gasteiger partial charge in [-0.3, -0.25) is 37.0 Å². The molecule has 75 heavy (non-hydrogen) atoms. The third kappa shape index (κ3) is 7.83. The Morgan fingerprint density at radius 3 is 1.79 bits per heavy atom. The largest absolute Gasteiger partial charge is 0.505 e. The number of anilines is 3. The topological polar surface area (TPSA) is 646 Å². The van der Waals surface area contributed by atoms with Gasteiger partial charge < -0.3 is 129 Å². The van der Waals surface area contributed by atoms with Crippen LogP contribution in [0.5, 0.6) is 40.2 Å². The third-order valence-corrected chi connectivity index (χ3v) is 14.2. The molecule has 3 aliphatic rings.